The molecule has 6 N–H and O–H groups in total. The maximum atomic E-state index is 11.4. The van der Waals surface area contributed by atoms with Crippen LogP contribution in [0, 0.1) is 0 Å². The van der Waals surface area contributed by atoms with Gasteiger partial charge in [-0.3, -0.25) is 0 Å². The summed E-state index contributed by atoms with van der Waals surface area (Å²) in [4.78, 5) is 7.19. The molecule has 0 radical (unpaired) electrons. The Balaban J connectivity index is 2.56. The number of nitrogen functional groups attached to an aromatic ring is 2. The van der Waals surface area contributed by atoms with Gasteiger partial charge in [-0.15, -0.1) is 0 Å². The number of anilines is 2. The number of rotatable bonds is 3. The summed E-state index contributed by atoms with van der Waals surface area (Å²) >= 11 is 0. The lowest BCUT2D eigenvalue weighted by molar-refractivity contribution is 0.461. The number of nitrogens with zero attached hydrogens (tertiary/aromatic N) is 2. The van der Waals surface area contributed by atoms with Crippen LogP contribution in [-0.2, 0) is 10.0 Å². The van der Waals surface area contributed by atoms with Gasteiger partial charge in [0.2, 0.25) is 16.7 Å². The lowest BCUT2D eigenvalue weighted by Crippen LogP contribution is -2.18. The van der Waals surface area contributed by atoms with Crippen molar-refractivity contribution < 1.29 is 13.2 Å². The topological polar surface area (TPSA) is 147 Å². The van der Waals surface area contributed by atoms with Crippen LogP contribution in [0.4, 0.5) is 11.8 Å². The summed E-state index contributed by atoms with van der Waals surface area (Å²) in [5.41, 5.74) is 10.9. The average molecular weight is 281 g/mol. The summed E-state index contributed by atoms with van der Waals surface area (Å²) in [6.45, 7) is 0. The van der Waals surface area contributed by atoms with Crippen LogP contribution < -0.4 is 21.3 Å². The van der Waals surface area contributed by atoms with Gasteiger partial charge >= 0.3 is 0 Å². The predicted octanol–water partition coefficient (Wildman–Crippen LogP) is 0.0807. The van der Waals surface area contributed by atoms with Crippen molar-refractivity contribution in [1.29, 1.82) is 0 Å². The Morgan fingerprint density at radius 3 is 2.26 bits per heavy atom. The van der Waals surface area contributed by atoms with E-state index in [1.807, 2.05) is 0 Å². The summed E-state index contributed by atoms with van der Waals surface area (Å²) in [5.74, 6) is -0.391. The first kappa shape index (κ1) is 13.1. The van der Waals surface area contributed by atoms with Gasteiger partial charge in [-0.05, 0) is 12.1 Å². The number of hydrogen-bond acceptors (Lipinski definition) is 7. The quantitative estimate of drug-likeness (QED) is 0.675. The number of benzene rings is 1. The fourth-order valence-electron chi connectivity index (χ4n) is 1.36. The molecule has 0 aliphatic heterocycles. The Morgan fingerprint density at radius 2 is 1.68 bits per heavy atom. The molecule has 19 heavy (non-hydrogen) atoms. The van der Waals surface area contributed by atoms with E-state index < -0.39 is 15.0 Å². The summed E-state index contributed by atoms with van der Waals surface area (Å²) < 4.78 is 28.2. The van der Waals surface area contributed by atoms with Crippen molar-refractivity contribution in [3.05, 3.63) is 30.3 Å². The van der Waals surface area contributed by atoms with Crippen molar-refractivity contribution in [3.63, 3.8) is 0 Å². The smallest absolute Gasteiger partial charge is 0.259 e. The van der Waals surface area contributed by atoms with Crippen LogP contribution in [0.1, 0.15) is 0 Å². The highest BCUT2D eigenvalue weighted by Gasteiger charge is 2.22. The molecule has 0 saturated carbocycles. The van der Waals surface area contributed by atoms with Gasteiger partial charge in [-0.2, -0.15) is 9.97 Å². The zero-order valence-corrected chi connectivity index (χ0v) is 10.5. The molecular weight excluding hydrogens is 270 g/mol. The molecule has 9 heteroatoms. The van der Waals surface area contributed by atoms with Crippen LogP contribution in [0.5, 0.6) is 11.5 Å². The Hall–Kier alpha value is -2.39. The van der Waals surface area contributed by atoms with Crippen molar-refractivity contribution in [2.75, 3.05) is 11.5 Å². The van der Waals surface area contributed by atoms with Crippen molar-refractivity contribution in [2.24, 2.45) is 5.14 Å². The molecule has 100 valence electrons. The van der Waals surface area contributed by atoms with Crippen LogP contribution in [0.25, 0.3) is 0 Å². The second-order valence-corrected chi connectivity index (χ2v) is 5.04. The van der Waals surface area contributed by atoms with Gasteiger partial charge in [-0.1, -0.05) is 18.2 Å². The van der Waals surface area contributed by atoms with Crippen LogP contribution in [0.15, 0.2) is 35.4 Å². The van der Waals surface area contributed by atoms with Crippen LogP contribution in [-0.4, -0.2) is 18.4 Å². The van der Waals surface area contributed by atoms with Gasteiger partial charge < -0.3 is 16.2 Å². The lowest BCUT2D eigenvalue weighted by atomic mass is 10.3. The number of hydrogen-bond donors (Lipinski definition) is 3. The van der Waals surface area contributed by atoms with E-state index in [-0.39, 0.29) is 17.5 Å². The molecule has 2 rings (SSSR count). The minimum absolute atomic E-state index is 0.208. The van der Waals surface area contributed by atoms with Crippen LogP contribution >= 0.6 is 0 Å². The van der Waals surface area contributed by atoms with Gasteiger partial charge in [0, 0.05) is 0 Å². The maximum Gasteiger partial charge on any atom is 0.259 e. The van der Waals surface area contributed by atoms with E-state index >= 15 is 0 Å². The number of ether oxygens (including phenoxy) is 1. The Labute approximate surface area is 109 Å². The first-order valence-corrected chi connectivity index (χ1v) is 6.61. The lowest BCUT2D eigenvalue weighted by Gasteiger charge is -2.11. The highest BCUT2D eigenvalue weighted by Crippen LogP contribution is 2.31. The molecule has 0 aliphatic carbocycles. The monoisotopic (exact) mass is 281 g/mol. The Bertz CT molecular complexity index is 703. The molecule has 2 aromatic rings. The fraction of sp³-hybridized carbons (Fsp3) is 0. The van der Waals surface area contributed by atoms with E-state index in [1.54, 1.807) is 30.3 Å². The Morgan fingerprint density at radius 1 is 1.05 bits per heavy atom. The molecule has 0 amide bonds. The second-order valence-electron chi connectivity index (χ2n) is 3.56. The van der Waals surface area contributed by atoms with E-state index in [2.05, 4.69) is 9.97 Å². The minimum atomic E-state index is -4.13. The van der Waals surface area contributed by atoms with E-state index in [4.69, 9.17) is 21.3 Å². The SMILES string of the molecule is Nc1nc(N)c(Oc2ccccc2)c(S(N)(=O)=O)n1. The summed E-state index contributed by atoms with van der Waals surface area (Å²) in [7, 11) is -4.13. The largest absolute Gasteiger partial charge is 0.450 e. The fourth-order valence-corrected chi connectivity index (χ4v) is 1.98. The van der Waals surface area contributed by atoms with Crippen molar-refractivity contribution >= 4 is 21.8 Å². The third kappa shape index (κ3) is 2.89. The maximum absolute atomic E-state index is 11.4. The van der Waals surface area contributed by atoms with E-state index in [0.717, 1.165) is 0 Å². The number of aromatic nitrogens is 2. The Kier molecular flexibility index (Phi) is 3.23. The minimum Gasteiger partial charge on any atom is -0.450 e. The molecular formula is C10H11N5O3S. The van der Waals surface area contributed by atoms with Crippen molar-refractivity contribution in [2.45, 2.75) is 5.03 Å². The highest BCUT2D eigenvalue weighted by molar-refractivity contribution is 7.89. The summed E-state index contributed by atoms with van der Waals surface area (Å²) in [6, 6.07) is 8.42. The molecule has 0 saturated heterocycles. The molecule has 0 aliphatic rings. The molecule has 0 bridgehead atoms. The van der Waals surface area contributed by atoms with Gasteiger partial charge in [0.25, 0.3) is 10.0 Å². The van der Waals surface area contributed by atoms with E-state index in [1.165, 1.54) is 0 Å². The molecule has 0 unspecified atom stereocenters. The summed E-state index contributed by atoms with van der Waals surface area (Å²) in [5, 5.41) is 4.49. The van der Waals surface area contributed by atoms with E-state index in [9.17, 15) is 8.42 Å². The van der Waals surface area contributed by atoms with Gasteiger partial charge in [-0.25, -0.2) is 13.6 Å². The summed E-state index contributed by atoms with van der Waals surface area (Å²) in [6.07, 6.45) is 0. The second kappa shape index (κ2) is 4.71. The normalized spacial score (nSPS) is 11.2. The highest BCUT2D eigenvalue weighted by atomic mass is 32.2. The molecule has 1 heterocycles. The average Bonchev–Trinajstić information content (AvgIpc) is 2.32. The third-order valence-electron chi connectivity index (χ3n) is 2.11. The molecule has 0 fully saturated rings. The zero-order chi connectivity index (χ0) is 14.0. The third-order valence-corrected chi connectivity index (χ3v) is 2.93. The zero-order valence-electron chi connectivity index (χ0n) is 9.65. The number of primary sulfonamides is 1. The molecule has 8 nitrogen and oxygen atoms in total. The number of para-hydroxylation sites is 1. The predicted molar refractivity (Wildman–Crippen MR) is 68.7 cm³/mol. The molecule has 1 aromatic heterocycles. The first-order chi connectivity index (χ1) is 8.88. The van der Waals surface area contributed by atoms with Gasteiger partial charge in [0.15, 0.2) is 5.82 Å². The molecule has 0 atom stereocenters. The number of nitrogens with two attached hydrogens (primary N) is 3. The standard InChI is InChI=1S/C10H11N5O3S/c11-8-7(18-6-4-2-1-3-5-6)9(19(13,16)17)15-10(12)14-8/h1-5H,(H2,13,16,17)(H4,11,12,14,15). The van der Waals surface area contributed by atoms with Crippen molar-refractivity contribution in [3.8, 4) is 11.5 Å². The van der Waals surface area contributed by atoms with Crippen LogP contribution in [0.2, 0.25) is 0 Å². The van der Waals surface area contributed by atoms with Gasteiger partial charge in [0.1, 0.15) is 5.75 Å². The molecule has 0 spiro atoms. The van der Waals surface area contributed by atoms with Crippen molar-refractivity contribution in [1.82, 2.24) is 9.97 Å². The van der Waals surface area contributed by atoms with Crippen LogP contribution in [0.3, 0.4) is 0 Å². The first-order valence-electron chi connectivity index (χ1n) is 5.06. The van der Waals surface area contributed by atoms with Gasteiger partial charge in [0.05, 0.1) is 0 Å². The molecule has 1 aromatic carbocycles. The number of sulfonamides is 1. The van der Waals surface area contributed by atoms with E-state index in [0.29, 0.717) is 5.75 Å².